The third kappa shape index (κ3) is 4.41. The molecule has 186 valence electrons. The van der Waals surface area contributed by atoms with Crippen molar-refractivity contribution < 1.29 is 14.0 Å². The van der Waals surface area contributed by atoms with Crippen LogP contribution in [0.2, 0.25) is 0 Å². The lowest BCUT2D eigenvalue weighted by Gasteiger charge is -2.16. The second kappa shape index (κ2) is 9.79. The summed E-state index contributed by atoms with van der Waals surface area (Å²) < 4.78 is 16.4. The number of nitrogens with one attached hydrogen (secondary N) is 2. The molecule has 0 fully saturated rings. The zero-order valence-corrected chi connectivity index (χ0v) is 20.2. The summed E-state index contributed by atoms with van der Waals surface area (Å²) in [6.45, 7) is 1.31. The Morgan fingerprint density at radius 1 is 0.946 bits per heavy atom. The molecule has 0 saturated heterocycles. The van der Waals surface area contributed by atoms with Crippen LogP contribution < -0.4 is 16.2 Å². The number of anilines is 1. The van der Waals surface area contributed by atoms with Gasteiger partial charge in [-0.1, -0.05) is 36.4 Å². The molecular formula is C28H24FN5O3. The third-order valence-corrected chi connectivity index (χ3v) is 6.39. The number of carbonyl (C=O) groups excluding carboxylic acids is 2. The molecule has 2 N–H and O–H groups in total. The first-order chi connectivity index (χ1) is 17.9. The van der Waals surface area contributed by atoms with E-state index in [0.717, 1.165) is 21.8 Å². The Hall–Kier alpha value is -4.63. The summed E-state index contributed by atoms with van der Waals surface area (Å²) in [5.41, 5.74) is 1.61. The van der Waals surface area contributed by atoms with Gasteiger partial charge in [0.05, 0.1) is 29.0 Å². The molecule has 0 spiro atoms. The largest absolute Gasteiger partial charge is 0.309 e. The molecule has 0 unspecified atom stereocenters. The van der Waals surface area contributed by atoms with Crippen LogP contribution in [0, 0.1) is 5.82 Å². The van der Waals surface area contributed by atoms with Crippen molar-refractivity contribution >= 4 is 39.4 Å². The smallest absolute Gasteiger partial charge is 0.294 e. The van der Waals surface area contributed by atoms with Crippen molar-refractivity contribution in [1.82, 2.24) is 19.4 Å². The van der Waals surface area contributed by atoms with Crippen molar-refractivity contribution in [2.24, 2.45) is 0 Å². The first-order valence-electron chi connectivity index (χ1n) is 11.7. The van der Waals surface area contributed by atoms with E-state index >= 15 is 0 Å². The minimum Gasteiger partial charge on any atom is -0.309 e. The lowest BCUT2D eigenvalue weighted by Crippen LogP contribution is -2.38. The van der Waals surface area contributed by atoms with Crippen LogP contribution in [0.4, 0.5) is 10.2 Å². The Kier molecular flexibility index (Phi) is 6.37. The number of para-hydroxylation sites is 2. The van der Waals surface area contributed by atoms with Crippen molar-refractivity contribution in [2.75, 3.05) is 12.4 Å². The molecule has 0 radical (unpaired) electrons. The molecule has 5 rings (SSSR count). The summed E-state index contributed by atoms with van der Waals surface area (Å²) in [7, 11) is 1.62. The van der Waals surface area contributed by atoms with E-state index < -0.39 is 23.3 Å². The van der Waals surface area contributed by atoms with Crippen LogP contribution in [-0.4, -0.2) is 39.0 Å². The Labute approximate surface area is 211 Å². The normalized spacial score (nSPS) is 12.1. The van der Waals surface area contributed by atoms with Crippen LogP contribution in [0.5, 0.6) is 0 Å². The summed E-state index contributed by atoms with van der Waals surface area (Å²) >= 11 is 0. The maximum Gasteiger partial charge on any atom is 0.294 e. The topological polar surface area (TPSA) is 98.0 Å². The van der Waals surface area contributed by atoms with Crippen LogP contribution in [-0.2, 0) is 11.3 Å². The first-order valence-corrected chi connectivity index (χ1v) is 11.7. The summed E-state index contributed by atoms with van der Waals surface area (Å²) in [5, 5.41) is 7.17. The number of halogens is 1. The fraction of sp³-hybridized carbons (Fsp3) is 0.143. The van der Waals surface area contributed by atoms with Crippen LogP contribution in [0.15, 0.2) is 83.8 Å². The predicted molar refractivity (Wildman–Crippen MR) is 141 cm³/mol. The average molecular weight is 498 g/mol. The monoisotopic (exact) mass is 497 g/mol. The van der Waals surface area contributed by atoms with Crippen LogP contribution in [0.25, 0.3) is 33.1 Å². The molecule has 0 aliphatic heterocycles. The highest BCUT2D eigenvalue weighted by atomic mass is 19.1. The maximum absolute atomic E-state index is 13.8. The van der Waals surface area contributed by atoms with Gasteiger partial charge in [-0.25, -0.2) is 9.37 Å². The van der Waals surface area contributed by atoms with Gasteiger partial charge < -0.3 is 10.6 Å². The van der Waals surface area contributed by atoms with E-state index in [4.69, 9.17) is 0 Å². The standard InChI is InChI=1S/C28H24FN5O3/c1-17(30-2)27(36)32-26-28(37)33(24(15-31-26)18-11-13-19(29)14-12-18)16-25(35)34-22-9-5-3-7-20(22)21-8-4-6-10-23(21)34/h3-15,17,30H,16H2,1-2H3,(H,31,32,36)/t17-/m0/s1. The SMILES string of the molecule is CN[C@@H](C)C(=O)Nc1ncc(-c2ccc(F)cc2)n(CC(=O)n2c3ccccc3c3ccccc32)c1=O. The Bertz CT molecular complexity index is 1650. The van der Waals surface area contributed by atoms with Crippen molar-refractivity contribution in [3.8, 4) is 11.3 Å². The average Bonchev–Trinajstić information content (AvgIpc) is 3.25. The van der Waals surface area contributed by atoms with Gasteiger partial charge in [0.1, 0.15) is 12.4 Å². The van der Waals surface area contributed by atoms with Crippen LogP contribution in [0.1, 0.15) is 11.7 Å². The van der Waals surface area contributed by atoms with E-state index in [-0.39, 0.29) is 18.3 Å². The Balaban J connectivity index is 1.64. The molecule has 1 amide bonds. The van der Waals surface area contributed by atoms with Crippen molar-refractivity contribution in [1.29, 1.82) is 0 Å². The summed E-state index contributed by atoms with van der Waals surface area (Å²) in [4.78, 5) is 43.9. The predicted octanol–water partition coefficient (Wildman–Crippen LogP) is 4.04. The molecule has 0 aliphatic carbocycles. The zero-order chi connectivity index (χ0) is 26.1. The quantitative estimate of drug-likeness (QED) is 0.369. The Morgan fingerprint density at radius 2 is 1.54 bits per heavy atom. The number of likely N-dealkylation sites (N-methyl/N-ethyl adjacent to an activating group) is 1. The third-order valence-electron chi connectivity index (χ3n) is 6.39. The van der Waals surface area contributed by atoms with Crippen molar-refractivity contribution in [2.45, 2.75) is 19.5 Å². The zero-order valence-electron chi connectivity index (χ0n) is 20.2. The molecule has 0 saturated carbocycles. The van der Waals surface area contributed by atoms with E-state index in [9.17, 15) is 18.8 Å². The highest BCUT2D eigenvalue weighted by Gasteiger charge is 2.21. The highest BCUT2D eigenvalue weighted by molar-refractivity contribution is 6.13. The van der Waals surface area contributed by atoms with Gasteiger partial charge in [0.2, 0.25) is 5.91 Å². The first kappa shape index (κ1) is 24.1. The number of fused-ring (bicyclic) bond motifs is 3. The minimum absolute atomic E-state index is 0.201. The van der Waals surface area contributed by atoms with Gasteiger partial charge in [0.25, 0.3) is 11.5 Å². The second-order valence-electron chi connectivity index (χ2n) is 8.65. The minimum atomic E-state index is -0.646. The van der Waals surface area contributed by atoms with Gasteiger partial charge in [-0.05, 0) is 50.4 Å². The van der Waals surface area contributed by atoms with E-state index in [1.54, 1.807) is 18.5 Å². The molecule has 0 bridgehead atoms. The second-order valence-corrected chi connectivity index (χ2v) is 8.65. The molecule has 0 aliphatic rings. The molecule has 3 aromatic carbocycles. The number of carbonyl (C=O) groups is 2. The van der Waals surface area contributed by atoms with Gasteiger partial charge >= 0.3 is 0 Å². The number of amides is 1. The van der Waals surface area contributed by atoms with Gasteiger partial charge in [0.15, 0.2) is 5.82 Å². The molecular weight excluding hydrogens is 473 g/mol. The summed E-state index contributed by atoms with van der Waals surface area (Å²) in [6, 6.07) is 20.1. The number of nitrogens with zero attached hydrogens (tertiary/aromatic N) is 3. The Morgan fingerprint density at radius 3 is 2.14 bits per heavy atom. The maximum atomic E-state index is 13.8. The fourth-order valence-corrected chi connectivity index (χ4v) is 4.33. The van der Waals surface area contributed by atoms with Gasteiger partial charge in [-0.15, -0.1) is 0 Å². The summed E-state index contributed by atoms with van der Waals surface area (Å²) in [6.07, 6.45) is 1.40. The molecule has 1 atom stereocenters. The van der Waals surface area contributed by atoms with E-state index in [1.165, 1.54) is 35.0 Å². The molecule has 2 heterocycles. The highest BCUT2D eigenvalue weighted by Crippen LogP contribution is 2.29. The van der Waals surface area contributed by atoms with Gasteiger partial charge in [-0.2, -0.15) is 0 Å². The van der Waals surface area contributed by atoms with E-state index in [1.807, 2.05) is 48.5 Å². The van der Waals surface area contributed by atoms with Gasteiger partial charge in [-0.3, -0.25) is 23.5 Å². The molecule has 9 heteroatoms. The van der Waals surface area contributed by atoms with Crippen molar-refractivity contribution in [3.63, 3.8) is 0 Å². The van der Waals surface area contributed by atoms with Crippen molar-refractivity contribution in [3.05, 3.63) is 95.2 Å². The molecule has 5 aromatic rings. The van der Waals surface area contributed by atoms with Crippen LogP contribution >= 0.6 is 0 Å². The molecule has 2 aromatic heterocycles. The number of aromatic nitrogens is 3. The molecule has 37 heavy (non-hydrogen) atoms. The lowest BCUT2D eigenvalue weighted by atomic mass is 10.1. The summed E-state index contributed by atoms with van der Waals surface area (Å²) in [5.74, 6) is -1.43. The van der Waals surface area contributed by atoms with Gasteiger partial charge in [0, 0.05) is 16.3 Å². The number of rotatable bonds is 6. The number of benzene rings is 3. The lowest BCUT2D eigenvalue weighted by molar-refractivity contribution is -0.117. The van der Waals surface area contributed by atoms with E-state index in [2.05, 4.69) is 15.6 Å². The number of hydrogen-bond donors (Lipinski definition) is 2. The molecule has 8 nitrogen and oxygen atoms in total. The number of hydrogen-bond acceptors (Lipinski definition) is 5. The fourth-order valence-electron chi connectivity index (χ4n) is 4.33. The van der Waals surface area contributed by atoms with E-state index in [0.29, 0.717) is 11.3 Å². The van der Waals surface area contributed by atoms with Crippen LogP contribution in [0.3, 0.4) is 0 Å².